The maximum atomic E-state index is 13.2. The van der Waals surface area contributed by atoms with Crippen LogP contribution in [-0.4, -0.2) is 13.1 Å². The minimum Gasteiger partial charge on any atom is -0.497 e. The molecular formula is C26H19ClO5. The Morgan fingerprint density at radius 1 is 1.00 bits per heavy atom. The van der Waals surface area contributed by atoms with Gasteiger partial charge in [-0.3, -0.25) is 4.79 Å². The highest BCUT2D eigenvalue weighted by Crippen LogP contribution is 2.32. The number of hydrogen-bond donors (Lipinski definition) is 0. The van der Waals surface area contributed by atoms with Gasteiger partial charge in [-0.1, -0.05) is 35.4 Å². The Morgan fingerprint density at radius 3 is 2.41 bits per heavy atom. The number of aryl methyl sites for hydroxylation is 1. The number of carbonyl (C=O) groups is 1. The summed E-state index contributed by atoms with van der Waals surface area (Å²) in [5.74, 6) is -0.0489. The van der Waals surface area contributed by atoms with Crippen LogP contribution in [0.25, 0.3) is 28.4 Å². The third-order valence-electron chi connectivity index (χ3n) is 4.84. The van der Waals surface area contributed by atoms with Gasteiger partial charge in [0.05, 0.1) is 12.5 Å². The van der Waals surface area contributed by atoms with Crippen LogP contribution in [0, 0.1) is 6.92 Å². The summed E-state index contributed by atoms with van der Waals surface area (Å²) in [6.45, 7) is 1.87. The Balaban J connectivity index is 1.76. The summed E-state index contributed by atoms with van der Waals surface area (Å²) < 4.78 is 16.7. The number of rotatable bonds is 5. The average molecular weight is 447 g/mol. The lowest BCUT2D eigenvalue weighted by Gasteiger charge is -2.10. The van der Waals surface area contributed by atoms with Gasteiger partial charge in [-0.2, -0.15) is 0 Å². The molecule has 5 nitrogen and oxygen atoms in total. The second-order valence-electron chi connectivity index (χ2n) is 7.12. The van der Waals surface area contributed by atoms with E-state index in [4.69, 9.17) is 25.5 Å². The molecule has 0 aliphatic carbocycles. The van der Waals surface area contributed by atoms with E-state index in [0.29, 0.717) is 27.3 Å². The monoisotopic (exact) mass is 446 g/mol. The van der Waals surface area contributed by atoms with Gasteiger partial charge in [-0.15, -0.1) is 0 Å². The number of esters is 1. The van der Waals surface area contributed by atoms with Crippen molar-refractivity contribution in [3.05, 3.63) is 99.2 Å². The van der Waals surface area contributed by atoms with Gasteiger partial charge in [0, 0.05) is 16.7 Å². The molecule has 0 aliphatic rings. The first-order chi connectivity index (χ1) is 15.4. The van der Waals surface area contributed by atoms with Gasteiger partial charge in [0.15, 0.2) is 5.76 Å². The molecule has 4 aromatic rings. The molecule has 4 rings (SSSR count). The van der Waals surface area contributed by atoms with Gasteiger partial charge in [-0.05, 0) is 67.1 Å². The number of ether oxygens (including phenoxy) is 2. The first kappa shape index (κ1) is 21.4. The lowest BCUT2D eigenvalue weighted by molar-refractivity contribution is -0.129. The first-order valence-electron chi connectivity index (χ1n) is 9.82. The largest absolute Gasteiger partial charge is 0.497 e. The van der Waals surface area contributed by atoms with Crippen molar-refractivity contribution >= 4 is 34.6 Å². The molecule has 1 heterocycles. The minimum absolute atomic E-state index is 0.168. The topological polar surface area (TPSA) is 65.7 Å². The van der Waals surface area contributed by atoms with Crippen molar-refractivity contribution in [3.63, 3.8) is 0 Å². The fraction of sp³-hybridized carbons (Fsp3) is 0.0769. The summed E-state index contributed by atoms with van der Waals surface area (Å²) >= 11 is 5.88. The second kappa shape index (κ2) is 9.12. The molecule has 0 amide bonds. The summed E-state index contributed by atoms with van der Waals surface area (Å²) in [7, 11) is 1.56. The molecule has 6 heteroatoms. The summed E-state index contributed by atoms with van der Waals surface area (Å²) in [5, 5.41) is 0.935. The molecule has 0 saturated heterocycles. The van der Waals surface area contributed by atoms with E-state index in [0.717, 1.165) is 11.1 Å². The molecular weight excluding hydrogens is 428 g/mol. The van der Waals surface area contributed by atoms with Gasteiger partial charge in [-0.25, -0.2) is 4.79 Å². The Labute approximate surface area is 189 Å². The Hall–Kier alpha value is -3.83. The van der Waals surface area contributed by atoms with E-state index in [-0.39, 0.29) is 11.5 Å². The number of hydrogen-bond acceptors (Lipinski definition) is 5. The van der Waals surface area contributed by atoms with Crippen molar-refractivity contribution in [1.82, 2.24) is 0 Å². The van der Waals surface area contributed by atoms with Crippen LogP contribution in [0.4, 0.5) is 0 Å². The predicted molar refractivity (Wildman–Crippen MR) is 125 cm³/mol. The first-order valence-corrected chi connectivity index (χ1v) is 10.2. The lowest BCUT2D eigenvalue weighted by Crippen LogP contribution is -2.14. The Morgan fingerprint density at radius 2 is 1.72 bits per heavy atom. The van der Waals surface area contributed by atoms with Gasteiger partial charge in [0.25, 0.3) is 0 Å². The van der Waals surface area contributed by atoms with Crippen molar-refractivity contribution < 1.29 is 18.7 Å². The fourth-order valence-corrected chi connectivity index (χ4v) is 3.32. The van der Waals surface area contributed by atoms with Gasteiger partial charge in [0.1, 0.15) is 11.3 Å². The van der Waals surface area contributed by atoms with Crippen molar-refractivity contribution in [1.29, 1.82) is 0 Å². The smallest absolute Gasteiger partial charge is 0.336 e. The average Bonchev–Trinajstić information content (AvgIpc) is 2.81. The standard InChI is InChI=1S/C26H19ClO5/c1-16-3-13-22-21(15-16)24(29)26(25(31-22)18-7-11-20(30-2)12-8-18)32-23(28)14-6-17-4-9-19(27)10-5-17/h3-15H,1-2H3/b14-6+. The van der Waals surface area contributed by atoms with E-state index in [1.807, 2.05) is 13.0 Å². The van der Waals surface area contributed by atoms with Crippen LogP contribution in [0.3, 0.4) is 0 Å². The fourth-order valence-electron chi connectivity index (χ4n) is 3.19. The van der Waals surface area contributed by atoms with Gasteiger partial charge in [0.2, 0.25) is 11.2 Å². The minimum atomic E-state index is -0.700. The second-order valence-corrected chi connectivity index (χ2v) is 7.56. The molecule has 0 fully saturated rings. The van der Waals surface area contributed by atoms with E-state index in [1.54, 1.807) is 73.8 Å². The lowest BCUT2D eigenvalue weighted by atomic mass is 10.1. The molecule has 160 valence electrons. The van der Waals surface area contributed by atoms with Crippen LogP contribution in [-0.2, 0) is 4.79 Å². The number of benzene rings is 3. The third kappa shape index (κ3) is 4.58. The molecule has 0 radical (unpaired) electrons. The summed E-state index contributed by atoms with van der Waals surface area (Å²) in [6.07, 6.45) is 2.83. The Kier molecular flexibility index (Phi) is 6.10. The maximum Gasteiger partial charge on any atom is 0.336 e. The maximum absolute atomic E-state index is 13.2. The normalized spacial score (nSPS) is 11.1. The van der Waals surface area contributed by atoms with E-state index >= 15 is 0 Å². The molecule has 0 spiro atoms. The van der Waals surface area contributed by atoms with Crippen molar-refractivity contribution in [2.45, 2.75) is 6.92 Å². The molecule has 32 heavy (non-hydrogen) atoms. The summed E-state index contributed by atoms with van der Waals surface area (Å²) in [5.41, 5.74) is 2.22. The zero-order valence-corrected chi connectivity index (χ0v) is 18.2. The highest BCUT2D eigenvalue weighted by atomic mass is 35.5. The zero-order valence-electron chi connectivity index (χ0n) is 17.4. The molecule has 0 atom stereocenters. The van der Waals surface area contributed by atoms with Crippen LogP contribution in [0.2, 0.25) is 5.02 Å². The summed E-state index contributed by atoms with van der Waals surface area (Å²) in [6, 6.07) is 19.2. The van der Waals surface area contributed by atoms with E-state index in [2.05, 4.69) is 0 Å². The van der Waals surface area contributed by atoms with E-state index in [1.165, 1.54) is 6.08 Å². The van der Waals surface area contributed by atoms with E-state index in [9.17, 15) is 9.59 Å². The van der Waals surface area contributed by atoms with Crippen LogP contribution < -0.4 is 14.9 Å². The Bertz CT molecular complexity index is 1370. The molecule has 0 unspecified atom stereocenters. The number of carbonyl (C=O) groups excluding carboxylic acids is 1. The van der Waals surface area contributed by atoms with Crippen molar-refractivity contribution in [2.75, 3.05) is 7.11 Å². The highest BCUT2D eigenvalue weighted by molar-refractivity contribution is 6.30. The number of fused-ring (bicyclic) bond motifs is 1. The molecule has 0 N–H and O–H groups in total. The van der Waals surface area contributed by atoms with Crippen molar-refractivity contribution in [2.24, 2.45) is 0 Å². The molecule has 0 bridgehead atoms. The molecule has 3 aromatic carbocycles. The summed E-state index contributed by atoms with van der Waals surface area (Å²) in [4.78, 5) is 25.8. The molecule has 0 aliphatic heterocycles. The molecule has 1 aromatic heterocycles. The zero-order chi connectivity index (χ0) is 22.7. The van der Waals surface area contributed by atoms with Gasteiger partial charge < -0.3 is 13.9 Å². The van der Waals surface area contributed by atoms with E-state index < -0.39 is 11.4 Å². The van der Waals surface area contributed by atoms with Crippen LogP contribution >= 0.6 is 11.6 Å². The van der Waals surface area contributed by atoms with Crippen LogP contribution in [0.1, 0.15) is 11.1 Å². The van der Waals surface area contributed by atoms with Crippen LogP contribution in [0.15, 0.2) is 82.0 Å². The van der Waals surface area contributed by atoms with Crippen LogP contribution in [0.5, 0.6) is 11.5 Å². The number of halogens is 1. The van der Waals surface area contributed by atoms with Crippen molar-refractivity contribution in [3.8, 4) is 22.8 Å². The highest BCUT2D eigenvalue weighted by Gasteiger charge is 2.20. The van der Waals surface area contributed by atoms with Gasteiger partial charge >= 0.3 is 5.97 Å². The number of methoxy groups -OCH3 is 1. The molecule has 0 saturated carbocycles. The quantitative estimate of drug-likeness (QED) is 0.276. The third-order valence-corrected chi connectivity index (χ3v) is 5.09. The predicted octanol–water partition coefficient (Wildman–Crippen LogP) is 6.05. The SMILES string of the molecule is COc1ccc(-c2oc3ccc(C)cc3c(=O)c2OC(=O)/C=C/c2ccc(Cl)cc2)cc1.